The molecule has 0 amide bonds. The zero-order valence-corrected chi connectivity index (χ0v) is 13.6. The maximum absolute atomic E-state index is 12.9. The molecular weight excluding hydrogens is 327 g/mol. The van der Waals surface area contributed by atoms with E-state index in [0.29, 0.717) is 22.0 Å². The number of ether oxygens (including phenoxy) is 2. The molecule has 0 bridgehead atoms. The van der Waals surface area contributed by atoms with Gasteiger partial charge in [0.05, 0.1) is 12.0 Å². The number of hydrogen-bond acceptors (Lipinski definition) is 4. The topological polar surface area (TPSA) is 31.4 Å². The molecule has 3 nitrogen and oxygen atoms in total. The first kappa shape index (κ1) is 16.1. The number of benzene rings is 1. The molecule has 1 aliphatic rings. The molecule has 23 heavy (non-hydrogen) atoms. The molecule has 124 valence electrons. The number of aryl methyl sites for hydroxylation is 1. The van der Waals surface area contributed by atoms with E-state index < -0.39 is 11.2 Å². The van der Waals surface area contributed by atoms with Gasteiger partial charge < -0.3 is 9.47 Å². The van der Waals surface area contributed by atoms with Gasteiger partial charge in [0.2, 0.25) is 10.9 Å². The fourth-order valence-electron chi connectivity index (χ4n) is 2.41. The minimum absolute atomic E-state index is 0.105. The summed E-state index contributed by atoms with van der Waals surface area (Å²) in [4.78, 5) is 4.27. The van der Waals surface area contributed by atoms with Crippen LogP contribution < -0.4 is 9.47 Å². The van der Waals surface area contributed by atoms with Gasteiger partial charge in [-0.15, -0.1) is 11.3 Å². The van der Waals surface area contributed by atoms with Crippen LogP contribution in [0.2, 0.25) is 0 Å². The van der Waals surface area contributed by atoms with Crippen LogP contribution in [0.4, 0.5) is 13.2 Å². The van der Waals surface area contributed by atoms with Crippen LogP contribution in [-0.2, 0) is 12.8 Å². The molecule has 1 fully saturated rings. The number of hydrogen-bond donors (Lipinski definition) is 0. The first-order valence-electron chi connectivity index (χ1n) is 7.23. The van der Waals surface area contributed by atoms with Crippen LogP contribution in [0.3, 0.4) is 0 Å². The van der Waals surface area contributed by atoms with E-state index >= 15 is 0 Å². The zero-order valence-electron chi connectivity index (χ0n) is 12.7. The summed E-state index contributed by atoms with van der Waals surface area (Å²) in [7, 11) is 1.56. The minimum atomic E-state index is -4.43. The highest BCUT2D eigenvalue weighted by atomic mass is 32.1. The van der Waals surface area contributed by atoms with Crippen molar-refractivity contribution in [3.63, 3.8) is 0 Å². The van der Waals surface area contributed by atoms with E-state index in [4.69, 9.17) is 9.47 Å². The number of thiazole rings is 1. The van der Waals surface area contributed by atoms with E-state index in [1.165, 1.54) is 0 Å². The first-order valence-corrected chi connectivity index (χ1v) is 8.05. The molecule has 0 atom stereocenters. The molecule has 0 aliphatic heterocycles. The Morgan fingerprint density at radius 2 is 2.04 bits per heavy atom. The van der Waals surface area contributed by atoms with E-state index in [1.54, 1.807) is 7.11 Å². The number of methoxy groups -OCH3 is 1. The Morgan fingerprint density at radius 1 is 1.30 bits per heavy atom. The Morgan fingerprint density at radius 3 is 2.65 bits per heavy atom. The first-order chi connectivity index (χ1) is 10.9. The van der Waals surface area contributed by atoms with Crippen LogP contribution in [0.15, 0.2) is 18.2 Å². The Labute approximate surface area is 136 Å². The molecule has 1 heterocycles. The van der Waals surface area contributed by atoms with Crippen molar-refractivity contribution in [1.29, 1.82) is 0 Å². The van der Waals surface area contributed by atoms with Crippen molar-refractivity contribution >= 4 is 11.3 Å². The molecule has 0 saturated heterocycles. The Kier molecular flexibility index (Phi) is 4.23. The van der Waals surface area contributed by atoms with Gasteiger partial charge in [-0.25, -0.2) is 0 Å². The molecule has 0 unspecified atom stereocenters. The predicted molar refractivity (Wildman–Crippen MR) is 81.2 cm³/mol. The molecule has 0 radical (unpaired) electrons. The lowest BCUT2D eigenvalue weighted by atomic mass is 10.1. The summed E-state index contributed by atoms with van der Waals surface area (Å²) in [6.45, 7) is 2.04. The van der Waals surface area contributed by atoms with Crippen LogP contribution in [0.5, 0.6) is 11.6 Å². The van der Waals surface area contributed by atoms with Gasteiger partial charge in [-0.1, -0.05) is 18.2 Å². The van der Waals surface area contributed by atoms with Crippen LogP contribution in [0.25, 0.3) is 0 Å². The maximum Gasteiger partial charge on any atom is 0.443 e. The van der Waals surface area contributed by atoms with Gasteiger partial charge >= 0.3 is 6.18 Å². The fourth-order valence-corrected chi connectivity index (χ4v) is 3.46. The number of halogens is 3. The van der Waals surface area contributed by atoms with Crippen LogP contribution in [0.1, 0.15) is 39.8 Å². The second-order valence-corrected chi connectivity index (χ2v) is 6.55. The zero-order chi connectivity index (χ0) is 16.6. The van der Waals surface area contributed by atoms with E-state index in [0.717, 1.165) is 24.0 Å². The third-order valence-corrected chi connectivity index (χ3v) is 4.92. The summed E-state index contributed by atoms with van der Waals surface area (Å²) in [5.74, 6) is 0.943. The Hall–Kier alpha value is -1.76. The van der Waals surface area contributed by atoms with Gasteiger partial charge in [0.25, 0.3) is 0 Å². The average Bonchev–Trinajstić information content (AvgIpc) is 3.23. The predicted octanol–water partition coefficient (Wildman–Crippen LogP) is 4.94. The fraction of sp³-hybridized carbons (Fsp3) is 0.438. The molecule has 7 heteroatoms. The monoisotopic (exact) mass is 343 g/mol. The van der Waals surface area contributed by atoms with Crippen LogP contribution in [0, 0.1) is 6.92 Å². The lowest BCUT2D eigenvalue weighted by Crippen LogP contribution is -2.05. The molecule has 1 saturated carbocycles. The lowest BCUT2D eigenvalue weighted by molar-refractivity contribution is -0.137. The van der Waals surface area contributed by atoms with Crippen molar-refractivity contribution in [2.24, 2.45) is 0 Å². The van der Waals surface area contributed by atoms with Crippen molar-refractivity contribution in [2.75, 3.05) is 7.11 Å². The molecule has 1 aromatic heterocycles. The van der Waals surface area contributed by atoms with Gasteiger partial charge in [0.1, 0.15) is 12.4 Å². The maximum atomic E-state index is 12.9. The Bertz CT molecular complexity index is 708. The van der Waals surface area contributed by atoms with E-state index in [1.807, 2.05) is 25.1 Å². The van der Waals surface area contributed by atoms with Crippen molar-refractivity contribution < 1.29 is 22.6 Å². The van der Waals surface area contributed by atoms with Crippen LogP contribution in [-0.4, -0.2) is 12.1 Å². The number of alkyl halides is 3. The van der Waals surface area contributed by atoms with Gasteiger partial charge in [-0.3, -0.25) is 0 Å². The Balaban J connectivity index is 1.83. The van der Waals surface area contributed by atoms with Crippen molar-refractivity contribution in [2.45, 2.75) is 38.5 Å². The second kappa shape index (κ2) is 6.03. The molecule has 3 rings (SSSR count). The van der Waals surface area contributed by atoms with Gasteiger partial charge in [0, 0.05) is 5.56 Å². The summed E-state index contributed by atoms with van der Waals surface area (Å²) in [6.07, 6.45) is -2.65. The largest absolute Gasteiger partial charge is 0.496 e. The molecule has 0 spiro atoms. The minimum Gasteiger partial charge on any atom is -0.496 e. The molecule has 2 aromatic rings. The summed E-state index contributed by atoms with van der Waals surface area (Å²) in [5.41, 5.74) is 1.74. The number of nitrogens with zero attached hydrogens (tertiary/aromatic N) is 1. The molecule has 1 aromatic carbocycles. The third-order valence-electron chi connectivity index (χ3n) is 3.67. The number of para-hydroxylation sites is 1. The second-order valence-electron chi connectivity index (χ2n) is 5.52. The smallest absolute Gasteiger partial charge is 0.443 e. The molecule has 0 N–H and O–H groups in total. The normalized spacial score (nSPS) is 14.8. The number of rotatable bonds is 5. The highest BCUT2D eigenvalue weighted by Gasteiger charge is 2.39. The molecular formula is C16H16F3NO2S. The van der Waals surface area contributed by atoms with Gasteiger partial charge in [-0.2, -0.15) is 18.2 Å². The van der Waals surface area contributed by atoms with E-state index in [9.17, 15) is 13.2 Å². The van der Waals surface area contributed by atoms with Crippen molar-refractivity contribution in [3.8, 4) is 11.6 Å². The number of aromatic nitrogens is 1. The van der Waals surface area contributed by atoms with Crippen molar-refractivity contribution in [3.05, 3.63) is 39.2 Å². The SMILES string of the molecule is COc1c(C)cccc1COc1nc(C(F)(F)F)sc1C1CC1. The highest BCUT2D eigenvalue weighted by molar-refractivity contribution is 7.12. The third kappa shape index (κ3) is 3.44. The summed E-state index contributed by atoms with van der Waals surface area (Å²) < 4.78 is 49.6. The highest BCUT2D eigenvalue weighted by Crippen LogP contribution is 2.49. The van der Waals surface area contributed by atoms with Gasteiger partial charge in [-0.05, 0) is 31.2 Å². The summed E-state index contributed by atoms with van der Waals surface area (Å²) >= 11 is 0.693. The standard InChI is InChI=1S/C16H16F3NO2S/c1-9-4-3-5-11(12(9)21-2)8-22-14-13(10-6-7-10)23-15(20-14)16(17,18)19/h3-5,10H,6-8H2,1-2H3. The summed E-state index contributed by atoms with van der Waals surface area (Å²) in [6, 6.07) is 5.60. The van der Waals surface area contributed by atoms with E-state index in [-0.39, 0.29) is 18.4 Å². The summed E-state index contributed by atoms with van der Waals surface area (Å²) in [5, 5.41) is -0.842. The quantitative estimate of drug-likeness (QED) is 0.771. The average molecular weight is 343 g/mol. The van der Waals surface area contributed by atoms with Crippen LogP contribution >= 0.6 is 11.3 Å². The van der Waals surface area contributed by atoms with E-state index in [2.05, 4.69) is 4.98 Å². The van der Waals surface area contributed by atoms with Crippen molar-refractivity contribution in [1.82, 2.24) is 4.98 Å². The van der Waals surface area contributed by atoms with Gasteiger partial charge in [0.15, 0.2) is 0 Å². The lowest BCUT2D eigenvalue weighted by Gasteiger charge is -2.12. The molecule has 1 aliphatic carbocycles.